The summed E-state index contributed by atoms with van der Waals surface area (Å²) in [6.45, 7) is 4.79. The molecule has 2 fully saturated rings. The molecular weight excluding hydrogens is 408 g/mol. The Morgan fingerprint density at radius 3 is 2.69 bits per heavy atom. The number of cyclic esters (lactones) is 1. The first kappa shape index (κ1) is 20.6. The average molecular weight is 432 g/mol. The van der Waals surface area contributed by atoms with E-state index >= 15 is 0 Å². The van der Waals surface area contributed by atoms with Crippen LogP contribution in [0.15, 0.2) is 30.5 Å². The van der Waals surface area contributed by atoms with Crippen LogP contribution < -0.4 is 4.90 Å². The Kier molecular flexibility index (Phi) is 4.96. The number of nitrogens with zero attached hydrogens (tertiary/aromatic N) is 4. The van der Waals surface area contributed by atoms with Gasteiger partial charge in [0.15, 0.2) is 0 Å². The van der Waals surface area contributed by atoms with Crippen LogP contribution in [0.2, 0.25) is 0 Å². The molecule has 32 heavy (non-hydrogen) atoms. The van der Waals surface area contributed by atoms with Crippen LogP contribution in [0.5, 0.6) is 0 Å². The Morgan fingerprint density at radius 1 is 1.25 bits per heavy atom. The fourth-order valence-electron chi connectivity index (χ4n) is 5.04. The topological polar surface area (TPSA) is 107 Å². The first-order valence-electron chi connectivity index (χ1n) is 10.8. The van der Waals surface area contributed by atoms with E-state index in [0.717, 1.165) is 42.6 Å². The van der Waals surface area contributed by atoms with Crippen LogP contribution in [-0.4, -0.2) is 53.0 Å². The molecule has 1 aromatic heterocycles. The summed E-state index contributed by atoms with van der Waals surface area (Å²) in [5.41, 5.74) is 3.30. The number of aliphatic hydroxyl groups is 1. The predicted molar refractivity (Wildman–Crippen MR) is 115 cm³/mol. The molecule has 4 heterocycles. The van der Waals surface area contributed by atoms with Gasteiger partial charge in [0.25, 0.3) is 0 Å². The van der Waals surface area contributed by atoms with Crippen molar-refractivity contribution >= 4 is 17.7 Å². The number of piperidine rings is 1. The number of β-lactam (4-membered cyclic amide) rings is 1. The third kappa shape index (κ3) is 3.25. The number of aromatic nitrogens is 1. The van der Waals surface area contributed by atoms with Crippen LogP contribution in [-0.2, 0) is 16.1 Å². The number of aliphatic hydroxyl groups excluding tert-OH is 1. The first-order chi connectivity index (χ1) is 15.4. The maximum absolute atomic E-state index is 12.9. The van der Waals surface area contributed by atoms with Crippen molar-refractivity contribution in [1.82, 2.24) is 9.88 Å². The monoisotopic (exact) mass is 432 g/mol. The first-order valence-corrected chi connectivity index (χ1v) is 10.8. The van der Waals surface area contributed by atoms with E-state index in [-0.39, 0.29) is 23.9 Å². The minimum Gasteiger partial charge on any atom is -0.457 e. The number of ether oxygens (including phenoxy) is 1. The van der Waals surface area contributed by atoms with Gasteiger partial charge < -0.3 is 14.7 Å². The molecule has 8 nitrogen and oxygen atoms in total. The molecule has 0 unspecified atom stereocenters. The zero-order valence-electron chi connectivity index (χ0n) is 17.9. The molecule has 1 amide bonds. The molecule has 0 aliphatic carbocycles. The van der Waals surface area contributed by atoms with Gasteiger partial charge in [-0.25, -0.2) is 9.78 Å². The van der Waals surface area contributed by atoms with Gasteiger partial charge in [0.1, 0.15) is 18.5 Å². The van der Waals surface area contributed by atoms with E-state index in [1.54, 1.807) is 23.1 Å². The van der Waals surface area contributed by atoms with Crippen molar-refractivity contribution in [2.75, 3.05) is 31.1 Å². The van der Waals surface area contributed by atoms with Crippen molar-refractivity contribution in [3.05, 3.63) is 58.3 Å². The zero-order valence-corrected chi connectivity index (χ0v) is 17.9. The number of pyridine rings is 1. The standard InChI is InChI=1S/C24H24N4O4/c1-15-17(3-4-18-19(15)13-32-22(18)30)20(29)12-27-8-6-24(7-9-27)14-28(23(24)31)21-5-2-16(10-25)11-26-21/h2-5,11,20,29H,6-9,12-14H2,1H3/t20-/m0/s1. The van der Waals surface area contributed by atoms with Gasteiger partial charge in [-0.1, -0.05) is 6.07 Å². The Balaban J connectivity index is 1.19. The van der Waals surface area contributed by atoms with Gasteiger partial charge in [-0.15, -0.1) is 0 Å². The summed E-state index contributed by atoms with van der Waals surface area (Å²) >= 11 is 0. The largest absolute Gasteiger partial charge is 0.457 e. The predicted octanol–water partition coefficient (Wildman–Crippen LogP) is 2.09. The lowest BCUT2D eigenvalue weighted by molar-refractivity contribution is -0.139. The molecule has 164 valence electrons. The van der Waals surface area contributed by atoms with E-state index in [0.29, 0.717) is 30.0 Å². The third-order valence-corrected chi connectivity index (χ3v) is 7.12. The highest BCUT2D eigenvalue weighted by Gasteiger charge is 2.53. The zero-order chi connectivity index (χ0) is 22.5. The smallest absolute Gasteiger partial charge is 0.338 e. The number of anilines is 1. The van der Waals surface area contributed by atoms with Crippen LogP contribution in [0.3, 0.4) is 0 Å². The van der Waals surface area contributed by atoms with Crippen molar-refractivity contribution in [3.63, 3.8) is 0 Å². The fraction of sp³-hybridized carbons (Fsp3) is 0.417. The van der Waals surface area contributed by atoms with Crippen LogP contribution in [0, 0.1) is 23.7 Å². The Labute approximate surface area is 186 Å². The molecule has 1 atom stereocenters. The molecule has 3 aliphatic heterocycles. The number of esters is 1. The molecule has 0 bridgehead atoms. The van der Waals surface area contributed by atoms with E-state index in [1.165, 1.54) is 6.20 Å². The van der Waals surface area contributed by atoms with Crippen molar-refractivity contribution in [2.45, 2.75) is 32.5 Å². The van der Waals surface area contributed by atoms with Crippen LogP contribution in [0.1, 0.15) is 51.6 Å². The number of benzene rings is 1. The summed E-state index contributed by atoms with van der Waals surface area (Å²) in [6.07, 6.45) is 2.32. The summed E-state index contributed by atoms with van der Waals surface area (Å²) < 4.78 is 5.11. The number of hydrogen-bond donors (Lipinski definition) is 1. The lowest BCUT2D eigenvalue weighted by Crippen LogP contribution is -2.65. The Bertz CT molecular complexity index is 1130. The van der Waals surface area contributed by atoms with Gasteiger partial charge >= 0.3 is 5.97 Å². The summed E-state index contributed by atoms with van der Waals surface area (Å²) in [7, 11) is 0. The lowest BCUT2D eigenvalue weighted by atomic mass is 9.71. The average Bonchev–Trinajstić information content (AvgIpc) is 3.20. The van der Waals surface area contributed by atoms with Crippen molar-refractivity contribution < 1.29 is 19.4 Å². The van der Waals surface area contributed by atoms with Gasteiger partial charge in [0.2, 0.25) is 5.91 Å². The second-order valence-electron chi connectivity index (χ2n) is 8.89. The Morgan fingerprint density at radius 2 is 2.03 bits per heavy atom. The van der Waals surface area contributed by atoms with Gasteiger partial charge in [0, 0.05) is 24.8 Å². The molecule has 0 saturated carbocycles. The second-order valence-corrected chi connectivity index (χ2v) is 8.89. The number of likely N-dealkylation sites (tertiary alicyclic amines) is 1. The highest BCUT2D eigenvalue weighted by atomic mass is 16.5. The lowest BCUT2D eigenvalue weighted by Gasteiger charge is -2.52. The molecule has 2 saturated heterocycles. The number of carbonyl (C=O) groups excluding carboxylic acids is 2. The summed E-state index contributed by atoms with van der Waals surface area (Å²) in [5, 5.41) is 19.8. The summed E-state index contributed by atoms with van der Waals surface area (Å²) in [4.78, 5) is 32.8. The maximum atomic E-state index is 12.9. The van der Waals surface area contributed by atoms with E-state index in [4.69, 9.17) is 10.00 Å². The van der Waals surface area contributed by atoms with E-state index in [9.17, 15) is 14.7 Å². The molecule has 3 aliphatic rings. The van der Waals surface area contributed by atoms with Crippen LogP contribution in [0.25, 0.3) is 0 Å². The molecule has 1 aromatic carbocycles. The minimum atomic E-state index is -0.665. The fourth-order valence-corrected chi connectivity index (χ4v) is 5.04. The number of amides is 1. The van der Waals surface area contributed by atoms with Crippen molar-refractivity contribution in [1.29, 1.82) is 5.26 Å². The highest BCUT2D eigenvalue weighted by Crippen LogP contribution is 2.43. The van der Waals surface area contributed by atoms with Gasteiger partial charge in [0.05, 0.1) is 22.6 Å². The quantitative estimate of drug-likeness (QED) is 0.582. The molecule has 0 radical (unpaired) electrons. The van der Waals surface area contributed by atoms with Gasteiger partial charge in [-0.2, -0.15) is 5.26 Å². The molecule has 8 heteroatoms. The number of hydrogen-bond acceptors (Lipinski definition) is 7. The van der Waals surface area contributed by atoms with E-state index < -0.39 is 6.10 Å². The maximum Gasteiger partial charge on any atom is 0.338 e. The minimum absolute atomic E-state index is 0.0917. The number of β-amino-alcohol motifs (C(OH)–C–C–N with tert-alkyl or cyclic N) is 1. The molecule has 2 aromatic rings. The number of carbonyl (C=O) groups is 2. The van der Waals surface area contributed by atoms with Gasteiger partial charge in [-0.3, -0.25) is 9.69 Å². The van der Waals surface area contributed by atoms with Crippen molar-refractivity contribution in [3.8, 4) is 6.07 Å². The van der Waals surface area contributed by atoms with E-state index in [1.807, 2.05) is 19.1 Å². The highest BCUT2D eigenvalue weighted by molar-refractivity contribution is 6.03. The summed E-state index contributed by atoms with van der Waals surface area (Å²) in [6, 6.07) is 8.97. The second kappa shape index (κ2) is 7.69. The Hall–Kier alpha value is -3.28. The molecule has 1 N–H and O–H groups in total. The molecular formula is C24H24N4O4. The number of nitriles is 1. The molecule has 1 spiro atoms. The van der Waals surface area contributed by atoms with Crippen molar-refractivity contribution in [2.24, 2.45) is 5.41 Å². The van der Waals surface area contributed by atoms with Crippen LogP contribution in [0.4, 0.5) is 5.82 Å². The number of rotatable bonds is 4. The van der Waals surface area contributed by atoms with Gasteiger partial charge in [-0.05, 0) is 62.2 Å². The summed E-state index contributed by atoms with van der Waals surface area (Å²) in [5.74, 6) is 0.377. The normalized spacial score (nSPS) is 20.5. The number of fused-ring (bicyclic) bond motifs is 1. The SMILES string of the molecule is Cc1c([C@@H](O)CN2CCC3(CC2)CN(c2ccc(C#N)cn2)C3=O)ccc2c1COC2=O. The van der Waals surface area contributed by atoms with Crippen LogP contribution >= 0.6 is 0 Å². The third-order valence-electron chi connectivity index (χ3n) is 7.12. The van der Waals surface area contributed by atoms with E-state index in [2.05, 4.69) is 9.88 Å². The molecule has 5 rings (SSSR count).